The van der Waals surface area contributed by atoms with E-state index in [-0.39, 0.29) is 0 Å². The highest BCUT2D eigenvalue weighted by molar-refractivity contribution is 5.95. The Kier molecular flexibility index (Phi) is 4.87. The van der Waals surface area contributed by atoms with Gasteiger partial charge >= 0.3 is 12.0 Å². The van der Waals surface area contributed by atoms with E-state index in [1.807, 2.05) is 0 Å². The first kappa shape index (κ1) is 14.5. The zero-order valence-electron chi connectivity index (χ0n) is 10.4. The van der Waals surface area contributed by atoms with Gasteiger partial charge in [0, 0.05) is 12.7 Å². The summed E-state index contributed by atoms with van der Waals surface area (Å²) < 4.78 is 0. The van der Waals surface area contributed by atoms with E-state index in [2.05, 4.69) is 5.32 Å². The fourth-order valence-corrected chi connectivity index (χ4v) is 1.42. The third-order valence-corrected chi connectivity index (χ3v) is 2.45. The summed E-state index contributed by atoms with van der Waals surface area (Å²) in [6.07, 6.45) is -0.455. The molecule has 0 unspecified atom stereocenters. The number of urea groups is 1. The number of rotatable bonds is 5. The SMILES string of the molecule is CN(C(=O)N[C@H](CC(N)=O)C(=O)O)c1ccccc1. The van der Waals surface area contributed by atoms with Crippen molar-refractivity contribution in [1.29, 1.82) is 0 Å². The van der Waals surface area contributed by atoms with Crippen LogP contribution in [-0.2, 0) is 9.59 Å². The number of carboxylic acid groups (broad SMARTS) is 1. The maximum absolute atomic E-state index is 11.8. The zero-order valence-corrected chi connectivity index (χ0v) is 10.4. The van der Waals surface area contributed by atoms with Crippen molar-refractivity contribution in [2.45, 2.75) is 12.5 Å². The number of carbonyl (C=O) groups is 3. The summed E-state index contributed by atoms with van der Waals surface area (Å²) in [7, 11) is 1.49. The second kappa shape index (κ2) is 6.39. The molecule has 19 heavy (non-hydrogen) atoms. The van der Waals surface area contributed by atoms with E-state index in [0.29, 0.717) is 5.69 Å². The van der Waals surface area contributed by atoms with Crippen molar-refractivity contribution in [2.75, 3.05) is 11.9 Å². The number of para-hydroxylation sites is 1. The molecule has 0 aliphatic carbocycles. The number of nitrogens with zero attached hydrogens (tertiary/aromatic N) is 1. The lowest BCUT2D eigenvalue weighted by molar-refractivity contribution is -0.140. The van der Waals surface area contributed by atoms with Gasteiger partial charge in [-0.25, -0.2) is 9.59 Å². The molecule has 0 saturated heterocycles. The van der Waals surface area contributed by atoms with E-state index in [0.717, 1.165) is 0 Å². The number of hydrogen-bond donors (Lipinski definition) is 3. The second-order valence-corrected chi connectivity index (χ2v) is 3.91. The summed E-state index contributed by atoms with van der Waals surface area (Å²) in [5.41, 5.74) is 5.53. The van der Waals surface area contributed by atoms with E-state index >= 15 is 0 Å². The number of nitrogens with one attached hydrogen (secondary N) is 1. The Labute approximate surface area is 110 Å². The Balaban J connectivity index is 2.72. The normalized spacial score (nSPS) is 11.4. The van der Waals surface area contributed by atoms with Crippen LogP contribution in [0.1, 0.15) is 6.42 Å². The van der Waals surface area contributed by atoms with Crippen LogP contribution in [0.2, 0.25) is 0 Å². The molecular weight excluding hydrogens is 250 g/mol. The van der Waals surface area contributed by atoms with Gasteiger partial charge in [-0.05, 0) is 12.1 Å². The minimum Gasteiger partial charge on any atom is -0.480 e. The van der Waals surface area contributed by atoms with Crippen LogP contribution in [-0.4, -0.2) is 36.1 Å². The predicted molar refractivity (Wildman–Crippen MR) is 68.6 cm³/mol. The molecule has 1 aromatic rings. The molecule has 3 amide bonds. The summed E-state index contributed by atoms with van der Waals surface area (Å²) in [4.78, 5) is 34.7. The molecule has 1 rings (SSSR count). The monoisotopic (exact) mass is 265 g/mol. The summed E-state index contributed by atoms with van der Waals surface area (Å²) in [6, 6.07) is 6.72. The van der Waals surface area contributed by atoms with Crippen molar-refractivity contribution < 1.29 is 19.5 Å². The highest BCUT2D eigenvalue weighted by atomic mass is 16.4. The first-order chi connectivity index (χ1) is 8.91. The van der Waals surface area contributed by atoms with Gasteiger partial charge < -0.3 is 16.2 Å². The molecule has 0 spiro atoms. The topological polar surface area (TPSA) is 113 Å². The molecule has 0 fully saturated rings. The fourth-order valence-electron chi connectivity index (χ4n) is 1.42. The van der Waals surface area contributed by atoms with Gasteiger partial charge in [0.15, 0.2) is 0 Å². The van der Waals surface area contributed by atoms with Crippen LogP contribution < -0.4 is 16.0 Å². The Morgan fingerprint density at radius 3 is 2.37 bits per heavy atom. The number of benzene rings is 1. The van der Waals surface area contributed by atoms with Gasteiger partial charge in [0.1, 0.15) is 6.04 Å². The van der Waals surface area contributed by atoms with Gasteiger partial charge in [-0.2, -0.15) is 0 Å². The molecule has 1 aromatic carbocycles. The Hall–Kier alpha value is -2.57. The third-order valence-electron chi connectivity index (χ3n) is 2.45. The number of primary amides is 1. The van der Waals surface area contributed by atoms with E-state index in [1.54, 1.807) is 30.3 Å². The molecule has 0 aliphatic rings. The van der Waals surface area contributed by atoms with E-state index < -0.39 is 30.4 Å². The van der Waals surface area contributed by atoms with Crippen LogP contribution in [0, 0.1) is 0 Å². The Morgan fingerprint density at radius 1 is 1.32 bits per heavy atom. The molecule has 0 heterocycles. The molecule has 0 radical (unpaired) electrons. The highest BCUT2D eigenvalue weighted by Gasteiger charge is 2.23. The summed E-state index contributed by atoms with van der Waals surface area (Å²) in [5, 5.41) is 11.1. The van der Waals surface area contributed by atoms with Crippen LogP contribution in [0.15, 0.2) is 30.3 Å². The lowest BCUT2D eigenvalue weighted by atomic mass is 10.2. The third kappa shape index (κ3) is 4.30. The smallest absolute Gasteiger partial charge is 0.326 e. The zero-order chi connectivity index (χ0) is 14.4. The van der Waals surface area contributed by atoms with Crippen molar-refractivity contribution in [2.24, 2.45) is 5.73 Å². The van der Waals surface area contributed by atoms with Crippen LogP contribution >= 0.6 is 0 Å². The molecular formula is C12H15N3O4. The quantitative estimate of drug-likeness (QED) is 0.703. The Bertz CT molecular complexity index is 475. The van der Waals surface area contributed by atoms with Crippen molar-refractivity contribution in [1.82, 2.24) is 5.32 Å². The average molecular weight is 265 g/mol. The van der Waals surface area contributed by atoms with Crippen molar-refractivity contribution in [3.63, 3.8) is 0 Å². The molecule has 0 bridgehead atoms. The maximum Gasteiger partial charge on any atom is 0.326 e. The molecule has 102 valence electrons. The number of anilines is 1. The van der Waals surface area contributed by atoms with Gasteiger partial charge in [-0.1, -0.05) is 18.2 Å². The number of nitrogens with two attached hydrogens (primary N) is 1. The number of carbonyl (C=O) groups excluding carboxylic acids is 2. The van der Waals surface area contributed by atoms with Crippen LogP contribution in [0.3, 0.4) is 0 Å². The number of hydrogen-bond acceptors (Lipinski definition) is 3. The highest BCUT2D eigenvalue weighted by Crippen LogP contribution is 2.11. The van der Waals surface area contributed by atoms with Crippen molar-refractivity contribution >= 4 is 23.6 Å². The molecule has 0 aromatic heterocycles. The fraction of sp³-hybridized carbons (Fsp3) is 0.250. The maximum atomic E-state index is 11.8. The molecule has 1 atom stereocenters. The number of carboxylic acids is 1. The minimum absolute atomic E-state index is 0.455. The summed E-state index contributed by atoms with van der Waals surface area (Å²) in [5.74, 6) is -2.11. The average Bonchev–Trinajstić information content (AvgIpc) is 2.37. The largest absolute Gasteiger partial charge is 0.480 e. The lowest BCUT2D eigenvalue weighted by Crippen LogP contribution is -2.48. The lowest BCUT2D eigenvalue weighted by Gasteiger charge is -2.20. The summed E-state index contributed by atoms with van der Waals surface area (Å²) in [6.45, 7) is 0. The summed E-state index contributed by atoms with van der Waals surface area (Å²) >= 11 is 0. The van der Waals surface area contributed by atoms with Gasteiger partial charge in [-0.15, -0.1) is 0 Å². The predicted octanol–water partition coefficient (Wildman–Crippen LogP) is 0.161. The first-order valence-corrected chi connectivity index (χ1v) is 5.52. The molecule has 7 heteroatoms. The van der Waals surface area contributed by atoms with Gasteiger partial charge in [0.05, 0.1) is 6.42 Å². The second-order valence-electron chi connectivity index (χ2n) is 3.91. The van der Waals surface area contributed by atoms with Gasteiger partial charge in [0.25, 0.3) is 0 Å². The molecule has 4 N–H and O–H groups in total. The minimum atomic E-state index is -1.34. The van der Waals surface area contributed by atoms with Crippen LogP contribution in [0.5, 0.6) is 0 Å². The Morgan fingerprint density at radius 2 is 1.89 bits per heavy atom. The van der Waals surface area contributed by atoms with Crippen LogP contribution in [0.25, 0.3) is 0 Å². The van der Waals surface area contributed by atoms with Crippen molar-refractivity contribution in [3.05, 3.63) is 30.3 Å². The van der Waals surface area contributed by atoms with Crippen molar-refractivity contribution in [3.8, 4) is 0 Å². The van der Waals surface area contributed by atoms with Crippen LogP contribution in [0.4, 0.5) is 10.5 Å². The van der Waals surface area contributed by atoms with Gasteiger partial charge in [0.2, 0.25) is 5.91 Å². The van der Waals surface area contributed by atoms with E-state index in [1.165, 1.54) is 11.9 Å². The first-order valence-electron chi connectivity index (χ1n) is 5.52. The number of aliphatic carboxylic acids is 1. The molecule has 0 aliphatic heterocycles. The van der Waals surface area contributed by atoms with E-state index in [9.17, 15) is 14.4 Å². The van der Waals surface area contributed by atoms with E-state index in [4.69, 9.17) is 10.8 Å². The number of amides is 3. The molecule has 7 nitrogen and oxygen atoms in total. The standard InChI is InChI=1S/C12H15N3O4/c1-15(8-5-3-2-4-6-8)12(19)14-9(11(17)18)7-10(13)16/h2-6,9H,7H2,1H3,(H2,13,16)(H,14,19)(H,17,18)/t9-/m1/s1. The molecule has 0 saturated carbocycles. The van der Waals surface area contributed by atoms with Gasteiger partial charge in [-0.3, -0.25) is 9.69 Å².